The van der Waals surface area contributed by atoms with Gasteiger partial charge in [-0.15, -0.1) is 0 Å². The summed E-state index contributed by atoms with van der Waals surface area (Å²) in [5.41, 5.74) is 1.21. The Hall–Kier alpha value is -0.540. The molecule has 3 heteroatoms. The van der Waals surface area contributed by atoms with Crippen molar-refractivity contribution >= 4 is 21.6 Å². The summed E-state index contributed by atoms with van der Waals surface area (Å²) in [6.07, 6.45) is 4.04. The van der Waals surface area contributed by atoms with Crippen LogP contribution in [-0.2, 0) is 0 Å². The summed E-state index contributed by atoms with van der Waals surface area (Å²) in [4.78, 5) is 2.47. The van der Waals surface area contributed by atoms with E-state index in [1.165, 1.54) is 31.5 Å². The van der Waals surface area contributed by atoms with Crippen LogP contribution in [0.1, 0.15) is 19.3 Å². The number of likely N-dealkylation sites (tertiary alicyclic amines) is 1. The summed E-state index contributed by atoms with van der Waals surface area (Å²) in [6.45, 7) is 2.30. The first-order valence-corrected chi connectivity index (χ1v) is 6.75. The zero-order chi connectivity index (χ0) is 11.4. The van der Waals surface area contributed by atoms with Gasteiger partial charge in [-0.3, -0.25) is 0 Å². The number of halogens is 1. The van der Waals surface area contributed by atoms with Gasteiger partial charge in [0.05, 0.1) is 0 Å². The van der Waals surface area contributed by atoms with Crippen molar-refractivity contribution in [2.45, 2.75) is 25.3 Å². The standard InChI is InChI=1S/C13H19BrN2/c1-16-9-3-2-4-13(16)10-15-12-7-5-11(14)6-8-12/h5-8,13,15H,2-4,9-10H2,1H3. The highest BCUT2D eigenvalue weighted by molar-refractivity contribution is 9.10. The number of hydrogen-bond acceptors (Lipinski definition) is 2. The van der Waals surface area contributed by atoms with E-state index in [1.807, 2.05) is 0 Å². The predicted octanol–water partition coefficient (Wildman–Crippen LogP) is 3.35. The summed E-state index contributed by atoms with van der Waals surface area (Å²) in [5.74, 6) is 0. The number of anilines is 1. The molecule has 1 atom stereocenters. The maximum atomic E-state index is 3.51. The first-order valence-electron chi connectivity index (χ1n) is 5.95. The van der Waals surface area contributed by atoms with Crippen LogP contribution in [-0.4, -0.2) is 31.1 Å². The lowest BCUT2D eigenvalue weighted by molar-refractivity contribution is 0.194. The number of piperidine rings is 1. The van der Waals surface area contributed by atoms with E-state index in [-0.39, 0.29) is 0 Å². The highest BCUT2D eigenvalue weighted by Crippen LogP contribution is 2.17. The highest BCUT2D eigenvalue weighted by atomic mass is 79.9. The minimum atomic E-state index is 0.692. The monoisotopic (exact) mass is 282 g/mol. The van der Waals surface area contributed by atoms with E-state index in [9.17, 15) is 0 Å². The minimum Gasteiger partial charge on any atom is -0.383 e. The Bertz CT molecular complexity index is 323. The third-order valence-corrected chi connectivity index (χ3v) is 3.84. The molecule has 0 bridgehead atoms. The molecule has 0 spiro atoms. The molecule has 2 rings (SSSR count). The fourth-order valence-corrected chi connectivity index (χ4v) is 2.47. The topological polar surface area (TPSA) is 15.3 Å². The molecule has 1 saturated heterocycles. The molecule has 1 aromatic carbocycles. The number of hydrogen-bond donors (Lipinski definition) is 1. The Morgan fingerprint density at radius 3 is 2.75 bits per heavy atom. The molecule has 1 aliphatic rings. The van der Waals surface area contributed by atoms with Crippen molar-refractivity contribution in [1.82, 2.24) is 4.90 Å². The lowest BCUT2D eigenvalue weighted by atomic mass is 10.0. The largest absolute Gasteiger partial charge is 0.383 e. The van der Waals surface area contributed by atoms with E-state index in [4.69, 9.17) is 0 Å². The van der Waals surface area contributed by atoms with Gasteiger partial charge in [0.1, 0.15) is 0 Å². The Kier molecular flexibility index (Phi) is 4.24. The van der Waals surface area contributed by atoms with Crippen LogP contribution in [0.3, 0.4) is 0 Å². The second-order valence-electron chi connectivity index (χ2n) is 4.52. The molecule has 0 amide bonds. The van der Waals surface area contributed by atoms with Crippen molar-refractivity contribution in [3.8, 4) is 0 Å². The molecule has 1 unspecified atom stereocenters. The minimum absolute atomic E-state index is 0.692. The first kappa shape index (κ1) is 11.9. The molecule has 2 nitrogen and oxygen atoms in total. The van der Waals surface area contributed by atoms with Crippen LogP contribution in [0, 0.1) is 0 Å². The second-order valence-corrected chi connectivity index (χ2v) is 5.43. The normalized spacial score (nSPS) is 22.0. The smallest absolute Gasteiger partial charge is 0.0341 e. The number of nitrogens with zero attached hydrogens (tertiary/aromatic N) is 1. The Morgan fingerprint density at radius 1 is 1.31 bits per heavy atom. The molecular formula is C13H19BrN2. The molecule has 1 aliphatic heterocycles. The molecule has 0 aromatic heterocycles. The summed E-state index contributed by atoms with van der Waals surface area (Å²) >= 11 is 3.45. The molecule has 1 N–H and O–H groups in total. The Morgan fingerprint density at radius 2 is 2.06 bits per heavy atom. The first-order chi connectivity index (χ1) is 7.75. The maximum absolute atomic E-state index is 3.51. The molecule has 0 aliphatic carbocycles. The maximum Gasteiger partial charge on any atom is 0.0341 e. The molecule has 16 heavy (non-hydrogen) atoms. The van der Waals surface area contributed by atoms with Gasteiger partial charge in [0.2, 0.25) is 0 Å². The van der Waals surface area contributed by atoms with Crippen LogP contribution in [0.4, 0.5) is 5.69 Å². The molecule has 88 valence electrons. The predicted molar refractivity (Wildman–Crippen MR) is 72.9 cm³/mol. The van der Waals surface area contributed by atoms with Gasteiger partial charge < -0.3 is 10.2 Å². The molecule has 1 aromatic rings. The zero-order valence-electron chi connectivity index (χ0n) is 9.75. The van der Waals surface area contributed by atoms with Crippen molar-refractivity contribution in [3.05, 3.63) is 28.7 Å². The number of rotatable bonds is 3. The van der Waals surface area contributed by atoms with E-state index in [2.05, 4.69) is 57.5 Å². The zero-order valence-corrected chi connectivity index (χ0v) is 11.3. The third kappa shape index (κ3) is 3.22. The van der Waals surface area contributed by atoms with Crippen molar-refractivity contribution in [2.24, 2.45) is 0 Å². The second kappa shape index (κ2) is 5.69. The lowest BCUT2D eigenvalue weighted by Crippen LogP contribution is -2.40. The molecular weight excluding hydrogens is 264 g/mol. The van der Waals surface area contributed by atoms with Crippen molar-refractivity contribution in [2.75, 3.05) is 25.5 Å². The van der Waals surface area contributed by atoms with Gasteiger partial charge in [-0.25, -0.2) is 0 Å². The van der Waals surface area contributed by atoms with E-state index < -0.39 is 0 Å². The lowest BCUT2D eigenvalue weighted by Gasteiger charge is -2.32. The van der Waals surface area contributed by atoms with Crippen molar-refractivity contribution in [1.29, 1.82) is 0 Å². The van der Waals surface area contributed by atoms with Gasteiger partial charge in [-0.2, -0.15) is 0 Å². The van der Waals surface area contributed by atoms with Gasteiger partial charge in [-0.1, -0.05) is 22.4 Å². The summed E-state index contributed by atoms with van der Waals surface area (Å²) in [7, 11) is 2.23. The van der Waals surface area contributed by atoms with Gasteiger partial charge in [-0.05, 0) is 50.7 Å². The molecule has 1 fully saturated rings. The fourth-order valence-electron chi connectivity index (χ4n) is 2.21. The van der Waals surface area contributed by atoms with E-state index in [1.54, 1.807) is 0 Å². The average molecular weight is 283 g/mol. The quantitative estimate of drug-likeness (QED) is 0.915. The van der Waals surface area contributed by atoms with Crippen LogP contribution >= 0.6 is 15.9 Å². The van der Waals surface area contributed by atoms with Crippen molar-refractivity contribution in [3.63, 3.8) is 0 Å². The van der Waals surface area contributed by atoms with Crippen LogP contribution in [0.2, 0.25) is 0 Å². The van der Waals surface area contributed by atoms with E-state index in [0.29, 0.717) is 6.04 Å². The summed E-state index contributed by atoms with van der Waals surface area (Å²) in [5, 5.41) is 3.51. The van der Waals surface area contributed by atoms with Crippen LogP contribution in [0.25, 0.3) is 0 Å². The summed E-state index contributed by atoms with van der Waals surface area (Å²) < 4.78 is 1.13. The summed E-state index contributed by atoms with van der Waals surface area (Å²) in [6, 6.07) is 9.08. The number of likely N-dealkylation sites (N-methyl/N-ethyl adjacent to an activating group) is 1. The average Bonchev–Trinajstić information content (AvgIpc) is 2.30. The number of benzene rings is 1. The van der Waals surface area contributed by atoms with Gasteiger partial charge in [0.25, 0.3) is 0 Å². The van der Waals surface area contributed by atoms with Crippen LogP contribution in [0.15, 0.2) is 28.7 Å². The highest BCUT2D eigenvalue weighted by Gasteiger charge is 2.17. The fraction of sp³-hybridized carbons (Fsp3) is 0.538. The molecule has 0 saturated carbocycles. The Balaban J connectivity index is 1.84. The van der Waals surface area contributed by atoms with Gasteiger partial charge in [0.15, 0.2) is 0 Å². The van der Waals surface area contributed by atoms with E-state index >= 15 is 0 Å². The SMILES string of the molecule is CN1CCCCC1CNc1ccc(Br)cc1. The third-order valence-electron chi connectivity index (χ3n) is 3.31. The van der Waals surface area contributed by atoms with Crippen LogP contribution < -0.4 is 5.32 Å². The van der Waals surface area contributed by atoms with Gasteiger partial charge >= 0.3 is 0 Å². The van der Waals surface area contributed by atoms with Crippen molar-refractivity contribution < 1.29 is 0 Å². The molecule has 0 radical (unpaired) electrons. The van der Waals surface area contributed by atoms with Gasteiger partial charge in [0, 0.05) is 22.7 Å². The van der Waals surface area contributed by atoms with Crippen LogP contribution in [0.5, 0.6) is 0 Å². The number of nitrogens with one attached hydrogen (secondary N) is 1. The molecule has 1 heterocycles. The van der Waals surface area contributed by atoms with E-state index in [0.717, 1.165) is 11.0 Å². The Labute approximate surface area is 106 Å².